The summed E-state index contributed by atoms with van der Waals surface area (Å²) in [7, 11) is 0. The lowest BCUT2D eigenvalue weighted by atomic mass is 10.1. The van der Waals surface area contributed by atoms with Crippen LogP contribution in [0, 0.1) is 13.8 Å². The van der Waals surface area contributed by atoms with Gasteiger partial charge in [0.25, 0.3) is 5.91 Å². The lowest BCUT2D eigenvalue weighted by Gasteiger charge is -2.26. The van der Waals surface area contributed by atoms with Gasteiger partial charge < -0.3 is 9.84 Å². The van der Waals surface area contributed by atoms with Crippen molar-refractivity contribution < 1.29 is 9.32 Å². The van der Waals surface area contributed by atoms with E-state index in [4.69, 9.17) is 4.52 Å². The molecule has 0 aliphatic carbocycles. The van der Waals surface area contributed by atoms with Crippen LogP contribution in [-0.4, -0.2) is 34.0 Å². The second kappa shape index (κ2) is 10.1. The van der Waals surface area contributed by atoms with Gasteiger partial charge in [0.1, 0.15) is 10.8 Å². The first-order valence-corrected chi connectivity index (χ1v) is 11.7. The van der Waals surface area contributed by atoms with E-state index in [1.165, 1.54) is 36.6 Å². The number of carbonyl (C=O) groups is 1. The number of hydrogen-bond donors (Lipinski definition) is 1. The van der Waals surface area contributed by atoms with Crippen LogP contribution in [0.2, 0.25) is 0 Å². The van der Waals surface area contributed by atoms with Crippen molar-refractivity contribution in [3.63, 3.8) is 0 Å². The smallest absolute Gasteiger partial charge is 0.258 e. The largest absolute Gasteiger partial charge is 0.361 e. The summed E-state index contributed by atoms with van der Waals surface area (Å²) >= 11 is 1.52. The Kier molecular flexibility index (Phi) is 7.04. The summed E-state index contributed by atoms with van der Waals surface area (Å²) in [6.45, 7) is 7.05. The third-order valence-corrected chi connectivity index (χ3v) is 6.62. The van der Waals surface area contributed by atoms with E-state index in [9.17, 15) is 4.79 Å². The topological polar surface area (TPSA) is 71.3 Å². The molecule has 0 bridgehead atoms. The monoisotopic (exact) mass is 436 g/mol. The number of amides is 1. The van der Waals surface area contributed by atoms with Crippen molar-refractivity contribution in [3.8, 4) is 0 Å². The molecular formula is C24H28N4O2S. The third kappa shape index (κ3) is 5.54. The number of carbonyl (C=O) groups excluding carboxylic acids is 1. The van der Waals surface area contributed by atoms with Crippen LogP contribution in [-0.2, 0) is 12.3 Å². The first kappa shape index (κ1) is 21.6. The average molecular weight is 437 g/mol. The molecule has 0 unspecified atom stereocenters. The van der Waals surface area contributed by atoms with Gasteiger partial charge in [0.05, 0.1) is 11.3 Å². The van der Waals surface area contributed by atoms with Gasteiger partial charge in [-0.3, -0.25) is 9.69 Å². The predicted molar refractivity (Wildman–Crippen MR) is 123 cm³/mol. The van der Waals surface area contributed by atoms with Gasteiger partial charge in [-0.15, -0.1) is 11.8 Å². The molecule has 6 nitrogen and oxygen atoms in total. The zero-order chi connectivity index (χ0) is 21.6. The molecule has 4 rings (SSSR count). The minimum atomic E-state index is -0.149. The van der Waals surface area contributed by atoms with Gasteiger partial charge in [0.2, 0.25) is 0 Å². The Morgan fingerprint density at radius 1 is 1.16 bits per heavy atom. The maximum atomic E-state index is 13.0. The minimum Gasteiger partial charge on any atom is -0.361 e. The molecule has 3 aromatic rings. The highest BCUT2D eigenvalue weighted by Crippen LogP contribution is 2.28. The molecule has 0 radical (unpaired) electrons. The molecule has 1 N–H and O–H groups in total. The van der Waals surface area contributed by atoms with E-state index in [1.807, 2.05) is 32.0 Å². The molecule has 31 heavy (non-hydrogen) atoms. The van der Waals surface area contributed by atoms with Gasteiger partial charge in [-0.05, 0) is 69.6 Å². The van der Waals surface area contributed by atoms with Crippen molar-refractivity contribution in [2.75, 3.05) is 18.4 Å². The number of nitrogens with zero attached hydrogens (tertiary/aromatic N) is 3. The van der Waals surface area contributed by atoms with Crippen molar-refractivity contribution in [3.05, 3.63) is 70.7 Å². The van der Waals surface area contributed by atoms with Crippen LogP contribution in [0.1, 0.15) is 52.2 Å². The van der Waals surface area contributed by atoms with E-state index < -0.39 is 0 Å². The Labute approximate surface area is 187 Å². The number of likely N-dealkylation sites (tertiary alicyclic amines) is 1. The van der Waals surface area contributed by atoms with Gasteiger partial charge in [-0.2, -0.15) is 0 Å². The molecule has 1 aromatic carbocycles. The van der Waals surface area contributed by atoms with Crippen molar-refractivity contribution in [1.29, 1.82) is 0 Å². The molecule has 2 aromatic heterocycles. The average Bonchev–Trinajstić information content (AvgIpc) is 3.10. The zero-order valence-electron chi connectivity index (χ0n) is 18.1. The number of benzene rings is 1. The number of aromatic nitrogens is 2. The summed E-state index contributed by atoms with van der Waals surface area (Å²) in [5.41, 5.74) is 4.52. The van der Waals surface area contributed by atoms with E-state index in [2.05, 4.69) is 32.5 Å². The summed E-state index contributed by atoms with van der Waals surface area (Å²) in [6, 6.07) is 11.7. The normalized spacial score (nSPS) is 14.5. The Bertz CT molecular complexity index is 1020. The van der Waals surface area contributed by atoms with E-state index in [0.29, 0.717) is 16.3 Å². The van der Waals surface area contributed by atoms with Crippen LogP contribution in [0.3, 0.4) is 0 Å². The summed E-state index contributed by atoms with van der Waals surface area (Å²) < 4.78 is 5.24. The third-order valence-electron chi connectivity index (χ3n) is 5.59. The van der Waals surface area contributed by atoms with Crippen molar-refractivity contribution in [1.82, 2.24) is 15.0 Å². The van der Waals surface area contributed by atoms with Crippen molar-refractivity contribution in [2.24, 2.45) is 0 Å². The molecule has 1 saturated heterocycles. The fourth-order valence-electron chi connectivity index (χ4n) is 3.85. The Morgan fingerprint density at radius 3 is 2.77 bits per heavy atom. The van der Waals surface area contributed by atoms with Crippen LogP contribution >= 0.6 is 11.8 Å². The number of anilines is 1. The Balaban J connectivity index is 1.43. The molecular weight excluding hydrogens is 408 g/mol. The molecule has 1 amide bonds. The second-order valence-electron chi connectivity index (χ2n) is 7.94. The maximum absolute atomic E-state index is 13.0. The molecule has 7 heteroatoms. The Hall–Kier alpha value is -2.64. The number of nitrogens with one attached hydrogen (secondary N) is 1. The summed E-state index contributed by atoms with van der Waals surface area (Å²) in [4.78, 5) is 19.9. The van der Waals surface area contributed by atoms with E-state index in [1.54, 1.807) is 12.3 Å². The fourth-order valence-corrected chi connectivity index (χ4v) is 4.99. The molecule has 0 saturated carbocycles. The highest BCUT2D eigenvalue weighted by Gasteiger charge is 2.16. The van der Waals surface area contributed by atoms with Gasteiger partial charge in [-0.25, -0.2) is 4.98 Å². The fraction of sp³-hybridized carbons (Fsp3) is 0.375. The second-order valence-corrected chi connectivity index (χ2v) is 8.90. The molecule has 1 fully saturated rings. The standard InChI is InChI=1S/C24H28N4O2S/c1-17-22(18(2)30-27-17)16-31-24-21(10-7-11-25-24)23(29)26-20-9-6-8-19(14-20)15-28-12-4-3-5-13-28/h6-11,14H,3-5,12-13,15-16H2,1-2H3,(H,26,29). The lowest BCUT2D eigenvalue weighted by molar-refractivity contribution is 0.102. The summed E-state index contributed by atoms with van der Waals surface area (Å²) in [5.74, 6) is 1.31. The van der Waals surface area contributed by atoms with Gasteiger partial charge >= 0.3 is 0 Å². The minimum absolute atomic E-state index is 0.149. The van der Waals surface area contributed by atoms with Crippen LogP contribution in [0.15, 0.2) is 52.1 Å². The van der Waals surface area contributed by atoms with Crippen molar-refractivity contribution in [2.45, 2.75) is 50.4 Å². The van der Waals surface area contributed by atoms with Crippen LogP contribution in [0.25, 0.3) is 0 Å². The van der Waals surface area contributed by atoms with Crippen LogP contribution in [0.5, 0.6) is 0 Å². The number of pyridine rings is 1. The molecule has 3 heterocycles. The molecule has 0 atom stereocenters. The lowest BCUT2D eigenvalue weighted by Crippen LogP contribution is -2.29. The first-order valence-electron chi connectivity index (χ1n) is 10.7. The number of piperidine rings is 1. The highest BCUT2D eigenvalue weighted by molar-refractivity contribution is 7.98. The highest BCUT2D eigenvalue weighted by atomic mass is 32.2. The molecule has 0 spiro atoms. The zero-order valence-corrected chi connectivity index (χ0v) is 18.9. The number of aryl methyl sites for hydroxylation is 2. The first-order chi connectivity index (χ1) is 15.1. The Morgan fingerprint density at radius 2 is 2.00 bits per heavy atom. The molecule has 1 aliphatic rings. The molecule has 1 aliphatic heterocycles. The van der Waals surface area contributed by atoms with E-state index >= 15 is 0 Å². The summed E-state index contributed by atoms with van der Waals surface area (Å²) in [5, 5.41) is 7.75. The maximum Gasteiger partial charge on any atom is 0.258 e. The van der Waals surface area contributed by atoms with Crippen LogP contribution < -0.4 is 5.32 Å². The number of thioether (sulfide) groups is 1. The SMILES string of the molecule is Cc1noc(C)c1CSc1ncccc1C(=O)Nc1cccc(CN2CCCCC2)c1. The van der Waals surface area contributed by atoms with E-state index in [-0.39, 0.29) is 5.91 Å². The molecule has 162 valence electrons. The summed E-state index contributed by atoms with van der Waals surface area (Å²) in [6.07, 6.45) is 5.58. The van der Waals surface area contributed by atoms with Gasteiger partial charge in [-0.1, -0.05) is 23.7 Å². The van der Waals surface area contributed by atoms with E-state index in [0.717, 1.165) is 42.3 Å². The number of rotatable bonds is 7. The predicted octanol–water partition coefficient (Wildman–Crippen LogP) is 5.22. The van der Waals surface area contributed by atoms with Gasteiger partial charge in [0.15, 0.2) is 0 Å². The number of hydrogen-bond acceptors (Lipinski definition) is 6. The van der Waals surface area contributed by atoms with Crippen LogP contribution in [0.4, 0.5) is 5.69 Å². The quantitative estimate of drug-likeness (QED) is 0.512. The van der Waals surface area contributed by atoms with Crippen molar-refractivity contribution >= 4 is 23.4 Å². The van der Waals surface area contributed by atoms with Gasteiger partial charge in [0, 0.05) is 29.7 Å².